The standard InChI is InChI=1S/C31H39N7O6S/c1-19-13-20(2)28(21(3)14-19)45(43,44)36-25(30(41)42)17-34-29(40)24-18-38(11-6-9-32-4)26-15-22(7-8-23(26)27(24)39)16-35-31-33-10-12-37(31)5/h7-8,10,12-15,18,25,32,36H,6,9,11,16-17H2,1-5H3,(H,33,35)(H,34,40)(H,41,42)/t25-/m0/s1. The number of benzene rings is 2. The molecule has 4 aromatic rings. The van der Waals surface area contributed by atoms with Crippen LogP contribution in [0.3, 0.4) is 0 Å². The molecule has 0 saturated heterocycles. The summed E-state index contributed by atoms with van der Waals surface area (Å²) in [7, 11) is -0.534. The van der Waals surface area contributed by atoms with Crippen molar-refractivity contribution < 1.29 is 23.1 Å². The Bertz CT molecular complexity index is 1880. The molecule has 0 aliphatic carbocycles. The van der Waals surface area contributed by atoms with Crippen LogP contribution < -0.4 is 26.1 Å². The number of sulfonamides is 1. The van der Waals surface area contributed by atoms with Gasteiger partial charge < -0.3 is 30.2 Å². The molecule has 0 aliphatic heterocycles. The van der Waals surface area contributed by atoms with E-state index in [1.54, 1.807) is 44.3 Å². The molecule has 1 amide bonds. The molecule has 13 nitrogen and oxygen atoms in total. The van der Waals surface area contributed by atoms with E-state index in [2.05, 4.69) is 25.7 Å². The lowest BCUT2D eigenvalue weighted by Crippen LogP contribution is -2.49. The highest BCUT2D eigenvalue weighted by Gasteiger charge is 2.29. The van der Waals surface area contributed by atoms with Crippen molar-refractivity contribution in [3.63, 3.8) is 0 Å². The van der Waals surface area contributed by atoms with Crippen LogP contribution in [-0.2, 0) is 35.0 Å². The number of aryl methyl sites for hydroxylation is 5. The Morgan fingerprint density at radius 1 is 1.09 bits per heavy atom. The Morgan fingerprint density at radius 2 is 1.80 bits per heavy atom. The fourth-order valence-corrected chi connectivity index (χ4v) is 6.98. The average Bonchev–Trinajstić information content (AvgIpc) is 3.38. The number of amides is 1. The number of aromatic nitrogens is 3. The minimum Gasteiger partial charge on any atom is -0.480 e. The number of nitrogens with zero attached hydrogens (tertiary/aromatic N) is 3. The maximum atomic E-state index is 13.5. The minimum atomic E-state index is -4.24. The molecule has 2 aromatic heterocycles. The van der Waals surface area contributed by atoms with E-state index >= 15 is 0 Å². The SMILES string of the molecule is CNCCCn1cc(C(=O)NC[C@H](NS(=O)(=O)c2c(C)cc(C)cc2C)C(=O)O)c(=O)c2ccc(CNc3nccn3C)cc21. The summed E-state index contributed by atoms with van der Waals surface area (Å²) in [5.41, 5.74) is 2.66. The van der Waals surface area contributed by atoms with Gasteiger partial charge in [0.25, 0.3) is 5.91 Å². The van der Waals surface area contributed by atoms with Gasteiger partial charge >= 0.3 is 5.97 Å². The Morgan fingerprint density at radius 3 is 2.42 bits per heavy atom. The first-order valence-corrected chi connectivity index (χ1v) is 15.9. The maximum absolute atomic E-state index is 13.5. The maximum Gasteiger partial charge on any atom is 0.323 e. The van der Waals surface area contributed by atoms with Crippen molar-refractivity contribution in [2.24, 2.45) is 7.05 Å². The normalized spacial score (nSPS) is 12.3. The molecule has 2 heterocycles. The lowest BCUT2D eigenvalue weighted by molar-refractivity contribution is -0.138. The first kappa shape index (κ1) is 33.4. The van der Waals surface area contributed by atoms with E-state index in [-0.39, 0.29) is 10.5 Å². The van der Waals surface area contributed by atoms with Crippen LogP contribution in [0.25, 0.3) is 10.9 Å². The molecule has 45 heavy (non-hydrogen) atoms. The Kier molecular flexibility index (Phi) is 10.4. The number of hydrogen-bond donors (Lipinski definition) is 5. The van der Waals surface area contributed by atoms with E-state index in [0.29, 0.717) is 54.0 Å². The second-order valence-electron chi connectivity index (χ2n) is 11.0. The van der Waals surface area contributed by atoms with Gasteiger partial charge in [-0.2, -0.15) is 4.72 Å². The third kappa shape index (κ3) is 7.77. The molecule has 0 saturated carbocycles. The second kappa shape index (κ2) is 14.1. The summed E-state index contributed by atoms with van der Waals surface area (Å²) >= 11 is 0. The molecule has 5 N–H and O–H groups in total. The molecule has 1 atom stereocenters. The van der Waals surface area contributed by atoms with Gasteiger partial charge in [-0.1, -0.05) is 23.8 Å². The number of imidazole rings is 1. The van der Waals surface area contributed by atoms with Gasteiger partial charge in [0.05, 0.1) is 10.4 Å². The summed E-state index contributed by atoms with van der Waals surface area (Å²) < 4.78 is 32.2. The molecule has 240 valence electrons. The number of hydrogen-bond acceptors (Lipinski definition) is 8. The van der Waals surface area contributed by atoms with Gasteiger partial charge in [0.15, 0.2) is 0 Å². The van der Waals surface area contributed by atoms with E-state index < -0.39 is 39.9 Å². The monoisotopic (exact) mass is 637 g/mol. The van der Waals surface area contributed by atoms with Crippen molar-refractivity contribution in [2.45, 2.75) is 51.2 Å². The third-order valence-corrected chi connectivity index (χ3v) is 9.20. The number of carbonyl (C=O) groups excluding carboxylic acids is 1. The van der Waals surface area contributed by atoms with Gasteiger partial charge in [-0.05, 0) is 69.6 Å². The Balaban J connectivity index is 1.59. The molecule has 0 spiro atoms. The zero-order valence-corrected chi connectivity index (χ0v) is 26.8. The van der Waals surface area contributed by atoms with Crippen LogP contribution >= 0.6 is 0 Å². The number of nitrogens with one attached hydrogen (secondary N) is 4. The Labute approximate surface area is 261 Å². The summed E-state index contributed by atoms with van der Waals surface area (Å²) in [5.74, 6) is -1.59. The van der Waals surface area contributed by atoms with Gasteiger partial charge in [0, 0.05) is 50.7 Å². The van der Waals surface area contributed by atoms with E-state index in [4.69, 9.17) is 0 Å². The van der Waals surface area contributed by atoms with Crippen molar-refractivity contribution in [3.05, 3.63) is 87.0 Å². The number of fused-ring (bicyclic) bond motifs is 1. The number of aliphatic carboxylic acids is 1. The fraction of sp³-hybridized carbons (Fsp3) is 0.355. The van der Waals surface area contributed by atoms with Crippen LogP contribution in [0, 0.1) is 20.8 Å². The number of pyridine rings is 1. The molecule has 0 fully saturated rings. The molecule has 2 aromatic carbocycles. The number of carboxylic acids is 1. The molecular weight excluding hydrogens is 598 g/mol. The fourth-order valence-electron chi connectivity index (χ4n) is 5.34. The van der Waals surface area contributed by atoms with Crippen LogP contribution in [0.4, 0.5) is 5.95 Å². The summed E-state index contributed by atoms with van der Waals surface area (Å²) in [6.07, 6.45) is 5.69. The molecule has 0 bridgehead atoms. The second-order valence-corrected chi connectivity index (χ2v) is 12.7. The highest BCUT2D eigenvalue weighted by molar-refractivity contribution is 7.89. The van der Waals surface area contributed by atoms with Crippen LogP contribution in [0.15, 0.2) is 58.6 Å². The molecule has 4 rings (SSSR count). The predicted octanol–water partition coefficient (Wildman–Crippen LogP) is 2.04. The molecular formula is C31H39N7O6S. The number of rotatable bonds is 14. The van der Waals surface area contributed by atoms with Crippen molar-refractivity contribution in [1.82, 2.24) is 29.5 Å². The average molecular weight is 638 g/mol. The van der Waals surface area contributed by atoms with E-state index in [9.17, 15) is 27.9 Å². The van der Waals surface area contributed by atoms with E-state index in [1.807, 2.05) is 42.4 Å². The third-order valence-electron chi connectivity index (χ3n) is 7.42. The first-order valence-electron chi connectivity index (χ1n) is 14.5. The highest BCUT2D eigenvalue weighted by atomic mass is 32.2. The highest BCUT2D eigenvalue weighted by Crippen LogP contribution is 2.22. The van der Waals surface area contributed by atoms with E-state index in [1.165, 1.54) is 6.20 Å². The molecule has 0 radical (unpaired) electrons. The van der Waals surface area contributed by atoms with Crippen molar-refractivity contribution in [3.8, 4) is 0 Å². The number of carboxylic acid groups (broad SMARTS) is 1. The lowest BCUT2D eigenvalue weighted by atomic mass is 10.1. The van der Waals surface area contributed by atoms with Gasteiger partial charge in [0.1, 0.15) is 11.6 Å². The Hall–Kier alpha value is -4.53. The predicted molar refractivity (Wildman–Crippen MR) is 172 cm³/mol. The number of carbonyl (C=O) groups is 2. The van der Waals surface area contributed by atoms with Crippen LogP contribution in [0.1, 0.15) is 39.0 Å². The zero-order chi connectivity index (χ0) is 32.9. The summed E-state index contributed by atoms with van der Waals surface area (Å²) in [5, 5.41) is 18.9. The first-order chi connectivity index (χ1) is 21.3. The lowest BCUT2D eigenvalue weighted by Gasteiger charge is -2.19. The summed E-state index contributed by atoms with van der Waals surface area (Å²) in [4.78, 5) is 43.1. The van der Waals surface area contributed by atoms with Crippen LogP contribution in [-0.4, -0.2) is 65.7 Å². The zero-order valence-electron chi connectivity index (χ0n) is 26.0. The quantitative estimate of drug-likeness (QED) is 0.130. The summed E-state index contributed by atoms with van der Waals surface area (Å²) in [6.45, 7) is 6.19. The van der Waals surface area contributed by atoms with Gasteiger partial charge in [-0.3, -0.25) is 14.4 Å². The van der Waals surface area contributed by atoms with Crippen LogP contribution in [0.5, 0.6) is 0 Å². The molecule has 0 unspecified atom stereocenters. The smallest absolute Gasteiger partial charge is 0.323 e. The largest absolute Gasteiger partial charge is 0.480 e. The topological polar surface area (TPSA) is 176 Å². The van der Waals surface area contributed by atoms with Gasteiger partial charge in [-0.25, -0.2) is 13.4 Å². The molecule has 0 aliphatic rings. The molecule has 14 heteroatoms. The van der Waals surface area contributed by atoms with Gasteiger partial charge in [-0.15, -0.1) is 0 Å². The van der Waals surface area contributed by atoms with Crippen molar-refractivity contribution >= 4 is 38.8 Å². The van der Waals surface area contributed by atoms with E-state index in [0.717, 1.165) is 11.1 Å². The summed E-state index contributed by atoms with van der Waals surface area (Å²) in [6, 6.07) is 7.06. The van der Waals surface area contributed by atoms with Crippen molar-refractivity contribution in [1.29, 1.82) is 0 Å². The van der Waals surface area contributed by atoms with Crippen LogP contribution in [0.2, 0.25) is 0 Å². The van der Waals surface area contributed by atoms with Gasteiger partial charge in [0.2, 0.25) is 21.4 Å². The number of anilines is 1. The minimum absolute atomic E-state index is 0.0147. The van der Waals surface area contributed by atoms with Crippen molar-refractivity contribution in [2.75, 3.05) is 25.5 Å².